The van der Waals surface area contributed by atoms with Crippen molar-refractivity contribution in [2.24, 2.45) is 0 Å². The molecule has 0 aromatic carbocycles. The first kappa shape index (κ1) is 18.0. The smallest absolute Gasteiger partial charge is 0.374 e. The molecule has 0 radical (unpaired) electrons. The summed E-state index contributed by atoms with van der Waals surface area (Å²) in [5.74, 6) is -1.47. The first-order valence-corrected chi connectivity index (χ1v) is 6.81. The van der Waals surface area contributed by atoms with Crippen LogP contribution in [0.1, 0.15) is 19.5 Å². The second-order valence-corrected chi connectivity index (χ2v) is 4.99. The highest BCUT2D eigenvalue weighted by molar-refractivity contribution is 5.60. The average Bonchev–Trinajstić information content (AvgIpc) is 2.45. The van der Waals surface area contributed by atoms with E-state index < -0.39 is 36.0 Å². The fourth-order valence-corrected chi connectivity index (χ4v) is 2.12. The van der Waals surface area contributed by atoms with Gasteiger partial charge in [-0.25, -0.2) is 14.4 Å². The van der Waals surface area contributed by atoms with Gasteiger partial charge >= 0.3 is 6.18 Å². The average molecular weight is 346 g/mol. The molecule has 0 bridgehead atoms. The molecule has 0 amide bonds. The van der Waals surface area contributed by atoms with Crippen LogP contribution in [0.2, 0.25) is 0 Å². The molecule has 24 heavy (non-hydrogen) atoms. The fourth-order valence-electron chi connectivity index (χ4n) is 2.12. The van der Waals surface area contributed by atoms with E-state index in [4.69, 9.17) is 0 Å². The highest BCUT2D eigenvalue weighted by atomic mass is 19.4. The van der Waals surface area contributed by atoms with Crippen molar-refractivity contribution in [2.75, 3.05) is 4.90 Å². The van der Waals surface area contributed by atoms with Crippen LogP contribution in [-0.4, -0.2) is 37.6 Å². The largest absolute Gasteiger partial charge is 0.437 e. The molecule has 2 heterocycles. The van der Waals surface area contributed by atoms with E-state index in [2.05, 4.69) is 15.0 Å². The molecule has 0 aliphatic heterocycles. The number of hydrogen-bond donors (Lipinski definition) is 2. The van der Waals surface area contributed by atoms with E-state index in [-0.39, 0.29) is 11.3 Å². The number of aliphatic hydroxyl groups is 2. The molecule has 2 aromatic rings. The van der Waals surface area contributed by atoms with E-state index in [0.29, 0.717) is 4.90 Å². The molecule has 10 heteroatoms. The minimum atomic E-state index is -4.90. The van der Waals surface area contributed by atoms with Gasteiger partial charge < -0.3 is 15.1 Å². The second-order valence-electron chi connectivity index (χ2n) is 4.99. The Morgan fingerprint density at radius 1 is 1.08 bits per heavy atom. The van der Waals surface area contributed by atoms with E-state index in [0.717, 1.165) is 24.7 Å². The lowest BCUT2D eigenvalue weighted by atomic mass is 10.2. The second kappa shape index (κ2) is 6.65. The van der Waals surface area contributed by atoms with E-state index in [1.165, 1.54) is 13.8 Å². The number of aromatic nitrogens is 3. The molecule has 2 rings (SSSR count). The van der Waals surface area contributed by atoms with Gasteiger partial charge in [0.15, 0.2) is 11.5 Å². The summed E-state index contributed by atoms with van der Waals surface area (Å²) in [4.78, 5) is 11.4. The van der Waals surface area contributed by atoms with Crippen LogP contribution in [0.4, 0.5) is 23.4 Å². The number of alkyl halides is 3. The zero-order valence-corrected chi connectivity index (χ0v) is 12.7. The number of aliphatic hydroxyl groups excluding tert-OH is 2. The molecule has 0 saturated carbocycles. The lowest BCUT2D eigenvalue weighted by Gasteiger charge is -2.30. The number of nitrogens with zero attached hydrogens (tertiary/aromatic N) is 4. The Bertz CT molecular complexity index is 714. The van der Waals surface area contributed by atoms with Crippen molar-refractivity contribution in [3.63, 3.8) is 0 Å². The zero-order valence-electron chi connectivity index (χ0n) is 12.7. The van der Waals surface area contributed by atoms with Crippen LogP contribution in [0.15, 0.2) is 24.7 Å². The van der Waals surface area contributed by atoms with Crippen LogP contribution in [0.25, 0.3) is 11.3 Å². The van der Waals surface area contributed by atoms with Crippen molar-refractivity contribution in [2.45, 2.75) is 32.5 Å². The third-order valence-corrected chi connectivity index (χ3v) is 3.07. The van der Waals surface area contributed by atoms with Gasteiger partial charge in [-0.15, -0.1) is 0 Å². The summed E-state index contributed by atoms with van der Waals surface area (Å²) < 4.78 is 53.2. The Hall–Kier alpha value is -2.33. The normalized spacial score (nSPS) is 14.3. The van der Waals surface area contributed by atoms with Gasteiger partial charge in [0.1, 0.15) is 18.3 Å². The molecule has 2 atom stereocenters. The van der Waals surface area contributed by atoms with Gasteiger partial charge in [0, 0.05) is 11.8 Å². The molecule has 0 aliphatic carbocycles. The number of pyridine rings is 1. The molecule has 130 valence electrons. The van der Waals surface area contributed by atoms with Gasteiger partial charge in [-0.3, -0.25) is 4.98 Å². The van der Waals surface area contributed by atoms with Crippen LogP contribution in [0, 0.1) is 5.82 Å². The summed E-state index contributed by atoms with van der Waals surface area (Å²) in [6.07, 6.45) is -4.75. The lowest BCUT2D eigenvalue weighted by molar-refractivity contribution is -0.141. The van der Waals surface area contributed by atoms with E-state index in [1.54, 1.807) is 0 Å². The zero-order chi connectivity index (χ0) is 18.1. The topological polar surface area (TPSA) is 82.4 Å². The van der Waals surface area contributed by atoms with Crippen LogP contribution in [-0.2, 0) is 6.18 Å². The minimum Gasteiger partial charge on any atom is -0.374 e. The molecule has 0 aliphatic rings. The van der Waals surface area contributed by atoms with Crippen molar-refractivity contribution >= 4 is 5.82 Å². The van der Waals surface area contributed by atoms with Gasteiger partial charge in [0.05, 0.1) is 18.1 Å². The van der Waals surface area contributed by atoms with Crippen molar-refractivity contribution in [3.05, 3.63) is 36.2 Å². The number of rotatable bonds is 4. The Kier molecular flexibility index (Phi) is 4.99. The highest BCUT2D eigenvalue weighted by Gasteiger charge is 2.40. The fraction of sp³-hybridized carbons (Fsp3) is 0.357. The maximum atomic E-state index is 13.3. The monoisotopic (exact) mass is 346 g/mol. The number of anilines is 1. The van der Waals surface area contributed by atoms with E-state index >= 15 is 0 Å². The SMILES string of the molecule is CC(O)N(c1ncc(-c2cncc(F)c2)nc1C(F)(F)F)C(C)O. The lowest BCUT2D eigenvalue weighted by Crippen LogP contribution is -2.42. The van der Waals surface area contributed by atoms with Gasteiger partial charge in [-0.2, -0.15) is 13.2 Å². The van der Waals surface area contributed by atoms with Crippen LogP contribution >= 0.6 is 0 Å². The van der Waals surface area contributed by atoms with E-state index in [9.17, 15) is 27.8 Å². The first-order valence-electron chi connectivity index (χ1n) is 6.81. The molecule has 2 aromatic heterocycles. The predicted molar refractivity (Wildman–Crippen MR) is 76.1 cm³/mol. The summed E-state index contributed by atoms with van der Waals surface area (Å²) in [6, 6.07) is 0.970. The standard InChI is InChI=1S/C14H14F4N4O2/c1-7(23)22(8(2)24)13-12(14(16,17)18)21-11(6-20-13)9-3-10(15)5-19-4-9/h3-8,23-24H,1-2H3. The summed E-state index contributed by atoms with van der Waals surface area (Å²) >= 11 is 0. The summed E-state index contributed by atoms with van der Waals surface area (Å²) in [6.45, 7) is 2.36. The maximum Gasteiger partial charge on any atom is 0.437 e. The predicted octanol–water partition coefficient (Wildman–Crippen LogP) is 2.18. The third kappa shape index (κ3) is 3.77. The molecule has 0 fully saturated rings. The molecule has 0 saturated heterocycles. The molecule has 2 unspecified atom stereocenters. The quantitative estimate of drug-likeness (QED) is 0.652. The van der Waals surface area contributed by atoms with Gasteiger partial charge in [-0.05, 0) is 19.9 Å². The summed E-state index contributed by atoms with van der Waals surface area (Å²) in [5.41, 5.74) is -1.64. The number of hydrogen-bond acceptors (Lipinski definition) is 6. The Morgan fingerprint density at radius 2 is 1.71 bits per heavy atom. The molecular formula is C14H14F4N4O2. The molecule has 6 nitrogen and oxygen atoms in total. The maximum absolute atomic E-state index is 13.3. The van der Waals surface area contributed by atoms with Crippen molar-refractivity contribution in [3.8, 4) is 11.3 Å². The third-order valence-electron chi connectivity index (χ3n) is 3.07. The minimum absolute atomic E-state index is 0.0141. The van der Waals surface area contributed by atoms with Gasteiger partial charge in [-0.1, -0.05) is 0 Å². The molecule has 2 N–H and O–H groups in total. The van der Waals surface area contributed by atoms with Crippen molar-refractivity contribution in [1.29, 1.82) is 0 Å². The molecular weight excluding hydrogens is 332 g/mol. The Labute approximate surface area is 134 Å². The van der Waals surface area contributed by atoms with Crippen molar-refractivity contribution in [1.82, 2.24) is 15.0 Å². The van der Waals surface area contributed by atoms with Crippen LogP contribution in [0.5, 0.6) is 0 Å². The van der Waals surface area contributed by atoms with E-state index in [1.807, 2.05) is 0 Å². The summed E-state index contributed by atoms with van der Waals surface area (Å²) in [5, 5.41) is 19.2. The highest BCUT2D eigenvalue weighted by Crippen LogP contribution is 2.36. The van der Waals surface area contributed by atoms with Crippen LogP contribution in [0.3, 0.4) is 0 Å². The van der Waals surface area contributed by atoms with Crippen LogP contribution < -0.4 is 4.90 Å². The Balaban J connectivity index is 2.62. The number of halogens is 4. The van der Waals surface area contributed by atoms with Gasteiger partial charge in [0.25, 0.3) is 0 Å². The first-order chi connectivity index (χ1) is 11.1. The molecule has 0 spiro atoms. The van der Waals surface area contributed by atoms with Gasteiger partial charge in [0.2, 0.25) is 0 Å². The Morgan fingerprint density at radius 3 is 2.21 bits per heavy atom. The van der Waals surface area contributed by atoms with Crippen molar-refractivity contribution < 1.29 is 27.8 Å². The summed E-state index contributed by atoms with van der Waals surface area (Å²) in [7, 11) is 0.